The van der Waals surface area contributed by atoms with Gasteiger partial charge in [0.2, 0.25) is 0 Å². The van der Waals surface area contributed by atoms with Gasteiger partial charge in [0.15, 0.2) is 0 Å². The Morgan fingerprint density at radius 2 is 1.44 bits per heavy atom. The fraction of sp³-hybridized carbons (Fsp3) is 0.312. The van der Waals surface area contributed by atoms with Crippen LogP contribution in [0, 0.1) is 11.7 Å². The molecule has 1 nitrogen and oxygen atoms in total. The molecule has 0 heterocycles. The first-order valence-corrected chi connectivity index (χ1v) is 12.5. The van der Waals surface area contributed by atoms with Gasteiger partial charge in [-0.3, -0.25) is 0 Å². The molecule has 0 unspecified atom stereocenters. The van der Waals surface area contributed by atoms with Gasteiger partial charge in [-0.05, 0) is 77.8 Å². The predicted octanol–water partition coefficient (Wildman–Crippen LogP) is 9.10. The Morgan fingerprint density at radius 1 is 0.853 bits per heavy atom. The van der Waals surface area contributed by atoms with Crippen molar-refractivity contribution in [3.05, 3.63) is 108 Å². The van der Waals surface area contributed by atoms with Gasteiger partial charge in [-0.15, -0.1) is 6.58 Å². The van der Waals surface area contributed by atoms with Gasteiger partial charge in [0, 0.05) is 5.56 Å². The van der Waals surface area contributed by atoms with E-state index in [2.05, 4.69) is 74.2 Å². The highest BCUT2D eigenvalue weighted by Crippen LogP contribution is 2.37. The summed E-state index contributed by atoms with van der Waals surface area (Å²) in [4.78, 5) is 0. The minimum Gasteiger partial charge on any atom is -0.373 e. The maximum Gasteiger partial charge on any atom is 0.129 e. The smallest absolute Gasteiger partial charge is 0.129 e. The number of hydrogen-bond donors (Lipinski definition) is 0. The summed E-state index contributed by atoms with van der Waals surface area (Å²) >= 11 is 0. The molecular weight excluding hydrogens is 419 g/mol. The molecule has 0 atom stereocenters. The second kappa shape index (κ2) is 11.9. The van der Waals surface area contributed by atoms with Gasteiger partial charge >= 0.3 is 0 Å². The van der Waals surface area contributed by atoms with Crippen LogP contribution in [0.15, 0.2) is 91.5 Å². The molecule has 34 heavy (non-hydrogen) atoms. The molecule has 1 aliphatic carbocycles. The molecule has 0 bridgehead atoms. The number of allylic oxidation sites excluding steroid dienone is 2. The average molecular weight is 455 g/mol. The van der Waals surface area contributed by atoms with Crippen molar-refractivity contribution < 1.29 is 9.13 Å². The van der Waals surface area contributed by atoms with Crippen molar-refractivity contribution in [3.8, 4) is 22.3 Å². The first-order valence-electron chi connectivity index (χ1n) is 12.5. The first-order chi connectivity index (χ1) is 16.7. The molecule has 0 aliphatic heterocycles. The van der Waals surface area contributed by atoms with Gasteiger partial charge in [0.1, 0.15) is 5.82 Å². The highest BCUT2D eigenvalue weighted by atomic mass is 19.1. The minimum atomic E-state index is -0.239. The number of hydrogen-bond acceptors (Lipinski definition) is 1. The van der Waals surface area contributed by atoms with Crippen LogP contribution in [-0.2, 0) is 11.3 Å². The van der Waals surface area contributed by atoms with E-state index in [4.69, 9.17) is 4.74 Å². The maximum atomic E-state index is 14.5. The molecule has 0 radical (unpaired) electrons. The molecule has 0 amide bonds. The Labute approximate surface area is 204 Å². The van der Waals surface area contributed by atoms with Crippen molar-refractivity contribution in [3.63, 3.8) is 0 Å². The summed E-state index contributed by atoms with van der Waals surface area (Å²) in [5, 5.41) is 0. The number of halogens is 1. The summed E-state index contributed by atoms with van der Waals surface area (Å²) in [5.74, 6) is 1.21. The lowest BCUT2D eigenvalue weighted by Crippen LogP contribution is -2.11. The van der Waals surface area contributed by atoms with Crippen LogP contribution in [0.25, 0.3) is 22.3 Å². The fourth-order valence-corrected chi connectivity index (χ4v) is 4.87. The molecule has 1 aliphatic rings. The zero-order valence-corrected chi connectivity index (χ0v) is 20.2. The predicted molar refractivity (Wildman–Crippen MR) is 141 cm³/mol. The molecular formula is C32H35FO. The second-order valence-corrected chi connectivity index (χ2v) is 9.26. The van der Waals surface area contributed by atoms with E-state index in [-0.39, 0.29) is 12.4 Å². The van der Waals surface area contributed by atoms with E-state index >= 15 is 0 Å². The normalized spacial score (nSPS) is 18.3. The Balaban J connectivity index is 1.39. The zero-order valence-electron chi connectivity index (χ0n) is 20.2. The van der Waals surface area contributed by atoms with Gasteiger partial charge in [0.05, 0.1) is 13.2 Å². The van der Waals surface area contributed by atoms with Crippen molar-refractivity contribution in [2.75, 3.05) is 6.61 Å². The first kappa shape index (κ1) is 24.2. The SMILES string of the molecule is C=CCOCc1ccc(-c2ccc(-c3ccc(C4CCC(/C=C/CC)CC4)cc3)cc2)cc1F. The van der Waals surface area contributed by atoms with Crippen LogP contribution in [0.4, 0.5) is 4.39 Å². The van der Waals surface area contributed by atoms with E-state index in [1.807, 2.05) is 6.07 Å². The number of rotatable bonds is 9. The third-order valence-corrected chi connectivity index (χ3v) is 6.90. The van der Waals surface area contributed by atoms with Crippen molar-refractivity contribution >= 4 is 0 Å². The quantitative estimate of drug-likeness (QED) is 0.231. The van der Waals surface area contributed by atoms with Crippen LogP contribution in [-0.4, -0.2) is 6.61 Å². The molecule has 3 aromatic rings. The number of ether oxygens (including phenoxy) is 1. The van der Waals surface area contributed by atoms with Gasteiger partial charge in [0.25, 0.3) is 0 Å². The molecule has 0 aromatic heterocycles. The van der Waals surface area contributed by atoms with Crippen molar-refractivity contribution in [2.24, 2.45) is 5.92 Å². The fourth-order valence-electron chi connectivity index (χ4n) is 4.87. The largest absolute Gasteiger partial charge is 0.373 e. The maximum absolute atomic E-state index is 14.5. The monoisotopic (exact) mass is 454 g/mol. The molecule has 4 rings (SSSR count). The lowest BCUT2D eigenvalue weighted by atomic mass is 9.78. The molecule has 1 fully saturated rings. The second-order valence-electron chi connectivity index (χ2n) is 9.26. The summed E-state index contributed by atoms with van der Waals surface area (Å²) in [6, 6.07) is 22.8. The Kier molecular flexibility index (Phi) is 8.49. The van der Waals surface area contributed by atoms with Crippen LogP contribution >= 0.6 is 0 Å². The number of benzene rings is 3. The van der Waals surface area contributed by atoms with Gasteiger partial charge in [-0.1, -0.05) is 85.8 Å². The van der Waals surface area contributed by atoms with Gasteiger partial charge < -0.3 is 4.74 Å². The van der Waals surface area contributed by atoms with Crippen LogP contribution < -0.4 is 0 Å². The summed E-state index contributed by atoms with van der Waals surface area (Å²) in [5.41, 5.74) is 6.30. The van der Waals surface area contributed by atoms with E-state index < -0.39 is 0 Å². The standard InChI is InChI=1S/C32H35FO/c1-3-5-6-24-7-9-25(10-8-24)26-11-13-27(14-12-26)28-15-17-29(18-16-28)30-19-20-31(32(33)22-30)23-34-21-4-2/h4-6,11-20,22,24-25H,2-3,7-10,21,23H2,1H3/b6-5+. The van der Waals surface area contributed by atoms with Crippen molar-refractivity contribution in [2.45, 2.75) is 51.6 Å². The van der Waals surface area contributed by atoms with E-state index in [0.29, 0.717) is 18.1 Å². The summed E-state index contributed by atoms with van der Waals surface area (Å²) in [7, 11) is 0. The lowest BCUT2D eigenvalue weighted by molar-refractivity contribution is 0.146. The van der Waals surface area contributed by atoms with Crippen LogP contribution in [0.5, 0.6) is 0 Å². The molecule has 0 saturated heterocycles. The average Bonchev–Trinajstić information content (AvgIpc) is 2.89. The summed E-state index contributed by atoms with van der Waals surface area (Å²) < 4.78 is 19.8. The van der Waals surface area contributed by atoms with Gasteiger partial charge in [-0.25, -0.2) is 4.39 Å². The van der Waals surface area contributed by atoms with E-state index in [0.717, 1.165) is 23.5 Å². The minimum absolute atomic E-state index is 0.239. The summed E-state index contributed by atoms with van der Waals surface area (Å²) in [6.07, 6.45) is 12.7. The molecule has 2 heteroatoms. The Hall–Kier alpha value is -2.97. The molecule has 176 valence electrons. The Morgan fingerprint density at radius 3 is 2.03 bits per heavy atom. The van der Waals surface area contributed by atoms with Gasteiger partial charge in [-0.2, -0.15) is 0 Å². The molecule has 0 N–H and O–H groups in total. The highest BCUT2D eigenvalue weighted by Gasteiger charge is 2.20. The van der Waals surface area contributed by atoms with Crippen LogP contribution in [0.1, 0.15) is 56.1 Å². The lowest BCUT2D eigenvalue weighted by Gasteiger charge is -2.27. The third-order valence-electron chi connectivity index (χ3n) is 6.90. The van der Waals surface area contributed by atoms with Crippen LogP contribution in [0.3, 0.4) is 0 Å². The highest BCUT2D eigenvalue weighted by molar-refractivity contribution is 5.70. The topological polar surface area (TPSA) is 9.23 Å². The summed E-state index contributed by atoms with van der Waals surface area (Å²) in [6.45, 7) is 6.49. The van der Waals surface area contributed by atoms with Crippen LogP contribution in [0.2, 0.25) is 0 Å². The third kappa shape index (κ3) is 6.12. The molecule has 1 saturated carbocycles. The molecule has 0 spiro atoms. The van der Waals surface area contributed by atoms with Crippen molar-refractivity contribution in [1.82, 2.24) is 0 Å². The van der Waals surface area contributed by atoms with E-state index in [9.17, 15) is 4.39 Å². The zero-order chi connectivity index (χ0) is 23.8. The van der Waals surface area contributed by atoms with E-state index in [1.165, 1.54) is 42.4 Å². The van der Waals surface area contributed by atoms with E-state index in [1.54, 1.807) is 18.2 Å². The molecule has 3 aromatic carbocycles. The Bertz CT molecular complexity index is 1090. The van der Waals surface area contributed by atoms with Crippen molar-refractivity contribution in [1.29, 1.82) is 0 Å².